The molecule has 8 heteroatoms. The Morgan fingerprint density at radius 3 is 3.10 bits per heavy atom. The fraction of sp³-hybridized carbons (Fsp3) is 0.538. The molecule has 1 fully saturated rings. The molecule has 0 spiro atoms. The number of nitrogens with zero attached hydrogens (tertiary/aromatic N) is 3. The Hall–Kier alpha value is -2.38. The van der Waals surface area contributed by atoms with Crippen LogP contribution in [0.25, 0.3) is 11.2 Å². The molecule has 3 rings (SSSR count). The van der Waals surface area contributed by atoms with E-state index in [4.69, 9.17) is 0 Å². The Balaban J connectivity index is 1.82. The van der Waals surface area contributed by atoms with Gasteiger partial charge in [-0.05, 0) is 12.8 Å². The zero-order chi connectivity index (χ0) is 14.7. The lowest BCUT2D eigenvalue weighted by Gasteiger charge is -2.24. The predicted octanol–water partition coefficient (Wildman–Crippen LogP) is 0.865. The van der Waals surface area contributed by atoms with E-state index < -0.39 is 0 Å². The molecule has 0 bridgehead atoms. The summed E-state index contributed by atoms with van der Waals surface area (Å²) < 4.78 is 0. The molecule has 8 nitrogen and oxygen atoms in total. The highest BCUT2D eigenvalue weighted by atomic mass is 16.1. The van der Waals surface area contributed by atoms with Crippen LogP contribution in [0.4, 0.5) is 11.8 Å². The second kappa shape index (κ2) is 5.94. The Morgan fingerprint density at radius 2 is 2.33 bits per heavy atom. The summed E-state index contributed by atoms with van der Waals surface area (Å²) in [5, 5.41) is 9.40. The van der Waals surface area contributed by atoms with Crippen molar-refractivity contribution in [3.63, 3.8) is 0 Å². The second-order valence-electron chi connectivity index (χ2n) is 5.11. The maximum absolute atomic E-state index is 11.2. The van der Waals surface area contributed by atoms with Gasteiger partial charge in [-0.3, -0.25) is 4.79 Å². The van der Waals surface area contributed by atoms with Crippen molar-refractivity contribution in [3.05, 3.63) is 6.33 Å². The SMILES string of the molecule is CCCNc1nc(NC2CCC(=O)NC2)c2[nH]cnc2n1. The van der Waals surface area contributed by atoms with Crippen LogP contribution in [-0.4, -0.2) is 45.0 Å². The number of hydrogen-bond acceptors (Lipinski definition) is 6. The van der Waals surface area contributed by atoms with Crippen molar-refractivity contribution in [3.8, 4) is 0 Å². The van der Waals surface area contributed by atoms with E-state index in [1.54, 1.807) is 6.33 Å². The molecule has 0 saturated carbocycles. The largest absolute Gasteiger partial charge is 0.364 e. The van der Waals surface area contributed by atoms with Crippen molar-refractivity contribution < 1.29 is 4.79 Å². The molecule has 2 aromatic heterocycles. The Labute approximate surface area is 122 Å². The van der Waals surface area contributed by atoms with Crippen LogP contribution in [0.1, 0.15) is 26.2 Å². The third-order valence-corrected chi connectivity index (χ3v) is 3.43. The van der Waals surface area contributed by atoms with Gasteiger partial charge in [-0.15, -0.1) is 0 Å². The van der Waals surface area contributed by atoms with Crippen LogP contribution < -0.4 is 16.0 Å². The summed E-state index contributed by atoms with van der Waals surface area (Å²) in [6.45, 7) is 3.51. The fourth-order valence-electron chi connectivity index (χ4n) is 2.30. The van der Waals surface area contributed by atoms with Crippen molar-refractivity contribution >= 4 is 28.8 Å². The van der Waals surface area contributed by atoms with Gasteiger partial charge >= 0.3 is 0 Å². The van der Waals surface area contributed by atoms with E-state index >= 15 is 0 Å². The maximum atomic E-state index is 11.2. The van der Waals surface area contributed by atoms with Crippen LogP contribution in [0, 0.1) is 0 Å². The van der Waals surface area contributed by atoms with E-state index in [-0.39, 0.29) is 11.9 Å². The highest BCUT2D eigenvalue weighted by Crippen LogP contribution is 2.20. The summed E-state index contributed by atoms with van der Waals surface area (Å²) in [5.74, 6) is 1.39. The molecule has 1 amide bonds. The minimum Gasteiger partial charge on any atom is -0.364 e. The number of carbonyl (C=O) groups is 1. The Bertz CT molecular complexity index is 628. The first kappa shape index (κ1) is 13.6. The molecule has 0 aromatic carbocycles. The standard InChI is InChI=1S/C13H19N7O/c1-2-5-14-13-19-11-10(16-7-17-11)12(20-13)18-8-3-4-9(21)15-6-8/h7-8H,2-6H2,1H3,(H,15,21)(H3,14,16,17,18,19,20). The van der Waals surface area contributed by atoms with Crippen molar-refractivity contribution in [2.75, 3.05) is 23.7 Å². The summed E-state index contributed by atoms with van der Waals surface area (Å²) >= 11 is 0. The quantitative estimate of drug-likeness (QED) is 0.650. The second-order valence-corrected chi connectivity index (χ2v) is 5.11. The normalized spacial score (nSPS) is 18.5. The topological polar surface area (TPSA) is 108 Å². The number of amides is 1. The minimum atomic E-state index is 0.104. The maximum Gasteiger partial charge on any atom is 0.226 e. The molecule has 1 atom stereocenters. The van der Waals surface area contributed by atoms with Gasteiger partial charge in [0.05, 0.1) is 6.33 Å². The predicted molar refractivity (Wildman–Crippen MR) is 80.1 cm³/mol. The lowest BCUT2D eigenvalue weighted by atomic mass is 10.1. The number of imidazole rings is 1. The van der Waals surface area contributed by atoms with Crippen molar-refractivity contribution in [1.29, 1.82) is 0 Å². The van der Waals surface area contributed by atoms with Crippen molar-refractivity contribution in [1.82, 2.24) is 25.3 Å². The van der Waals surface area contributed by atoms with Gasteiger partial charge in [0.1, 0.15) is 5.52 Å². The molecule has 21 heavy (non-hydrogen) atoms. The number of aromatic nitrogens is 4. The van der Waals surface area contributed by atoms with Crippen molar-refractivity contribution in [2.45, 2.75) is 32.2 Å². The van der Waals surface area contributed by atoms with E-state index in [2.05, 4.69) is 42.8 Å². The van der Waals surface area contributed by atoms with Crippen LogP contribution in [0.2, 0.25) is 0 Å². The summed E-state index contributed by atoms with van der Waals surface area (Å²) in [4.78, 5) is 27.3. The smallest absolute Gasteiger partial charge is 0.226 e. The molecule has 1 unspecified atom stereocenters. The molecule has 2 aromatic rings. The zero-order valence-corrected chi connectivity index (χ0v) is 11.9. The first-order chi connectivity index (χ1) is 10.3. The number of hydrogen-bond donors (Lipinski definition) is 4. The number of fused-ring (bicyclic) bond motifs is 1. The molecule has 0 radical (unpaired) electrons. The molecular formula is C13H19N7O. The van der Waals surface area contributed by atoms with Crippen LogP contribution in [0.3, 0.4) is 0 Å². The summed E-state index contributed by atoms with van der Waals surface area (Å²) in [7, 11) is 0. The molecule has 1 saturated heterocycles. The fourth-order valence-corrected chi connectivity index (χ4v) is 2.30. The highest BCUT2D eigenvalue weighted by molar-refractivity contribution is 5.84. The number of carbonyl (C=O) groups excluding carboxylic acids is 1. The summed E-state index contributed by atoms with van der Waals surface area (Å²) in [6.07, 6.45) is 3.94. The monoisotopic (exact) mass is 289 g/mol. The lowest BCUT2D eigenvalue weighted by molar-refractivity contribution is -0.122. The number of nitrogens with one attached hydrogen (secondary N) is 4. The van der Waals surface area contributed by atoms with E-state index in [0.29, 0.717) is 24.6 Å². The van der Waals surface area contributed by atoms with Gasteiger partial charge in [0.2, 0.25) is 11.9 Å². The molecule has 4 N–H and O–H groups in total. The third-order valence-electron chi connectivity index (χ3n) is 3.43. The number of H-pyrrole nitrogens is 1. The van der Waals surface area contributed by atoms with Gasteiger partial charge in [0, 0.05) is 25.6 Å². The summed E-state index contributed by atoms with van der Waals surface area (Å²) in [6, 6.07) is 0.170. The Morgan fingerprint density at radius 1 is 1.43 bits per heavy atom. The molecule has 112 valence electrons. The average molecular weight is 289 g/mol. The van der Waals surface area contributed by atoms with Crippen molar-refractivity contribution in [2.24, 2.45) is 0 Å². The lowest BCUT2D eigenvalue weighted by Crippen LogP contribution is -2.42. The molecular weight excluding hydrogens is 270 g/mol. The van der Waals surface area contributed by atoms with Gasteiger partial charge in [-0.1, -0.05) is 6.92 Å². The molecule has 0 aliphatic carbocycles. The molecule has 1 aliphatic rings. The van der Waals surface area contributed by atoms with E-state index in [1.807, 2.05) is 0 Å². The van der Waals surface area contributed by atoms with Gasteiger partial charge in [-0.2, -0.15) is 9.97 Å². The van der Waals surface area contributed by atoms with Crippen LogP contribution in [0.15, 0.2) is 6.33 Å². The van der Waals surface area contributed by atoms with Crippen LogP contribution in [-0.2, 0) is 4.79 Å². The third kappa shape index (κ3) is 3.04. The Kier molecular flexibility index (Phi) is 3.85. The van der Waals surface area contributed by atoms with E-state index in [1.165, 1.54) is 0 Å². The van der Waals surface area contributed by atoms with Crippen LogP contribution >= 0.6 is 0 Å². The number of aromatic amines is 1. The molecule has 3 heterocycles. The number of anilines is 2. The number of rotatable bonds is 5. The van der Waals surface area contributed by atoms with E-state index in [0.717, 1.165) is 30.7 Å². The number of piperidine rings is 1. The van der Waals surface area contributed by atoms with E-state index in [9.17, 15) is 4.79 Å². The highest BCUT2D eigenvalue weighted by Gasteiger charge is 2.20. The van der Waals surface area contributed by atoms with Gasteiger partial charge in [0.15, 0.2) is 11.5 Å². The molecule has 1 aliphatic heterocycles. The first-order valence-corrected chi connectivity index (χ1v) is 7.24. The van der Waals surface area contributed by atoms with Crippen LogP contribution in [0.5, 0.6) is 0 Å². The summed E-state index contributed by atoms with van der Waals surface area (Å²) in [5.41, 5.74) is 1.42. The van der Waals surface area contributed by atoms with Gasteiger partial charge in [-0.25, -0.2) is 4.98 Å². The minimum absolute atomic E-state index is 0.104. The zero-order valence-electron chi connectivity index (χ0n) is 11.9. The van der Waals surface area contributed by atoms with Gasteiger partial charge < -0.3 is 20.9 Å². The first-order valence-electron chi connectivity index (χ1n) is 7.24. The average Bonchev–Trinajstić information content (AvgIpc) is 2.96. The van der Waals surface area contributed by atoms with Gasteiger partial charge in [0.25, 0.3) is 0 Å².